The van der Waals surface area contributed by atoms with Gasteiger partial charge in [-0.05, 0) is 17.7 Å². The van der Waals surface area contributed by atoms with Gasteiger partial charge in [-0.15, -0.1) is 0 Å². The zero-order valence-corrected chi connectivity index (χ0v) is 6.20. The molecule has 0 saturated carbocycles. The third kappa shape index (κ3) is 1.61. The van der Waals surface area contributed by atoms with Gasteiger partial charge in [0.15, 0.2) is 0 Å². The smallest absolute Gasteiger partial charge is 0.0812 e. The molecular formula is C8H7FS. The van der Waals surface area contributed by atoms with Crippen LogP contribution in [0.5, 0.6) is 0 Å². The Hall–Kier alpha value is -0.760. The minimum Gasteiger partial charge on any atom is -0.160 e. The van der Waals surface area contributed by atoms with Gasteiger partial charge in [0, 0.05) is 4.90 Å². The van der Waals surface area contributed by atoms with Crippen molar-refractivity contribution in [1.29, 1.82) is 0 Å². The van der Waals surface area contributed by atoms with E-state index in [1.807, 2.05) is 12.1 Å². The normalized spacial score (nSPS) is 9.30. The molecule has 1 aromatic carbocycles. The van der Waals surface area contributed by atoms with Crippen molar-refractivity contribution in [2.24, 2.45) is 0 Å². The summed E-state index contributed by atoms with van der Waals surface area (Å²) < 4.78 is 11.9. The van der Waals surface area contributed by atoms with Gasteiger partial charge in [0.2, 0.25) is 0 Å². The number of halogens is 1. The van der Waals surface area contributed by atoms with E-state index in [1.54, 1.807) is 18.2 Å². The predicted molar refractivity (Wildman–Crippen MR) is 43.5 cm³/mol. The SMILES string of the molecule is C=Cc1ccc(SF)cc1. The van der Waals surface area contributed by atoms with Crippen molar-refractivity contribution < 1.29 is 3.89 Å². The largest absolute Gasteiger partial charge is 0.160 e. The van der Waals surface area contributed by atoms with Gasteiger partial charge in [-0.2, -0.15) is 3.89 Å². The summed E-state index contributed by atoms with van der Waals surface area (Å²) >= 11 is 0.254. The first-order chi connectivity index (χ1) is 4.86. The molecule has 0 N–H and O–H groups in total. The van der Waals surface area contributed by atoms with Gasteiger partial charge in [0.05, 0.1) is 12.1 Å². The van der Waals surface area contributed by atoms with Crippen LogP contribution >= 0.6 is 12.1 Å². The average molecular weight is 154 g/mol. The van der Waals surface area contributed by atoms with Gasteiger partial charge in [-0.25, -0.2) is 0 Å². The van der Waals surface area contributed by atoms with E-state index in [2.05, 4.69) is 6.58 Å². The van der Waals surface area contributed by atoms with Crippen molar-refractivity contribution >= 4 is 18.2 Å². The number of hydrogen-bond donors (Lipinski definition) is 0. The maximum Gasteiger partial charge on any atom is 0.0812 e. The number of rotatable bonds is 2. The highest BCUT2D eigenvalue weighted by atomic mass is 32.2. The molecule has 0 spiro atoms. The van der Waals surface area contributed by atoms with E-state index < -0.39 is 0 Å². The summed E-state index contributed by atoms with van der Waals surface area (Å²) in [5.41, 5.74) is 1.01. The lowest BCUT2D eigenvalue weighted by molar-refractivity contribution is 0.934. The van der Waals surface area contributed by atoms with Crippen molar-refractivity contribution in [3.8, 4) is 0 Å². The minimum absolute atomic E-state index is 0.254. The summed E-state index contributed by atoms with van der Waals surface area (Å²) in [5.74, 6) is 0. The molecule has 0 nitrogen and oxygen atoms in total. The van der Waals surface area contributed by atoms with Gasteiger partial charge in [-0.3, -0.25) is 0 Å². The highest BCUT2D eigenvalue weighted by Gasteiger charge is 1.89. The lowest BCUT2D eigenvalue weighted by Gasteiger charge is -1.92. The number of hydrogen-bond acceptors (Lipinski definition) is 1. The van der Waals surface area contributed by atoms with Gasteiger partial charge >= 0.3 is 0 Å². The van der Waals surface area contributed by atoms with E-state index >= 15 is 0 Å². The van der Waals surface area contributed by atoms with Gasteiger partial charge in [-0.1, -0.05) is 24.8 Å². The fourth-order valence-electron chi connectivity index (χ4n) is 0.655. The molecule has 0 fully saturated rings. The molecule has 52 valence electrons. The zero-order chi connectivity index (χ0) is 7.40. The third-order valence-electron chi connectivity index (χ3n) is 1.20. The highest BCUT2D eigenvalue weighted by Crippen LogP contribution is 2.18. The van der Waals surface area contributed by atoms with Gasteiger partial charge < -0.3 is 0 Å². The standard InChI is InChI=1S/C8H7FS/c1-2-7-3-5-8(10-9)6-4-7/h2-6H,1H2. The van der Waals surface area contributed by atoms with E-state index in [0.29, 0.717) is 4.90 Å². The first kappa shape index (κ1) is 7.35. The molecule has 0 bridgehead atoms. The Labute approximate surface area is 64.1 Å². The van der Waals surface area contributed by atoms with Crippen LogP contribution in [0.3, 0.4) is 0 Å². The van der Waals surface area contributed by atoms with Crippen LogP contribution in [0.4, 0.5) is 3.89 Å². The maximum absolute atomic E-state index is 11.9. The Kier molecular flexibility index (Phi) is 2.51. The van der Waals surface area contributed by atoms with Crippen LogP contribution in [0.2, 0.25) is 0 Å². The van der Waals surface area contributed by atoms with Crippen molar-refractivity contribution in [3.05, 3.63) is 36.4 Å². The molecule has 1 aromatic rings. The molecule has 10 heavy (non-hydrogen) atoms. The molecule has 2 heteroatoms. The minimum atomic E-state index is 0.254. The van der Waals surface area contributed by atoms with E-state index in [1.165, 1.54) is 0 Å². The predicted octanol–water partition coefficient (Wildman–Crippen LogP) is 3.31. The second-order valence-electron chi connectivity index (χ2n) is 1.85. The Morgan fingerprint density at radius 2 is 1.90 bits per heavy atom. The molecule has 0 aliphatic rings. The summed E-state index contributed by atoms with van der Waals surface area (Å²) in [4.78, 5) is 0.630. The van der Waals surface area contributed by atoms with Crippen LogP contribution in [0.15, 0.2) is 35.7 Å². The van der Waals surface area contributed by atoms with Crippen LogP contribution in [0.25, 0.3) is 6.08 Å². The Morgan fingerprint density at radius 3 is 2.30 bits per heavy atom. The second-order valence-corrected chi connectivity index (χ2v) is 2.48. The molecule has 0 aliphatic heterocycles. The van der Waals surface area contributed by atoms with Crippen molar-refractivity contribution in [3.63, 3.8) is 0 Å². The Morgan fingerprint density at radius 1 is 1.30 bits per heavy atom. The summed E-state index contributed by atoms with van der Waals surface area (Å²) in [7, 11) is 0. The third-order valence-corrected chi connectivity index (χ3v) is 1.66. The second kappa shape index (κ2) is 3.42. The van der Waals surface area contributed by atoms with Crippen LogP contribution in [0.1, 0.15) is 5.56 Å². The fourth-order valence-corrected chi connectivity index (χ4v) is 0.894. The molecule has 0 heterocycles. The number of benzene rings is 1. The Bertz CT molecular complexity index is 215. The van der Waals surface area contributed by atoms with Crippen molar-refractivity contribution in [1.82, 2.24) is 0 Å². The molecule has 1 rings (SSSR count). The summed E-state index contributed by atoms with van der Waals surface area (Å²) in [6.07, 6.45) is 1.73. The summed E-state index contributed by atoms with van der Waals surface area (Å²) in [6, 6.07) is 7.10. The molecule has 0 radical (unpaired) electrons. The average Bonchev–Trinajstić information content (AvgIpc) is 2.05. The molecule has 0 aliphatic carbocycles. The van der Waals surface area contributed by atoms with Crippen molar-refractivity contribution in [2.75, 3.05) is 0 Å². The molecule has 0 saturated heterocycles. The summed E-state index contributed by atoms with van der Waals surface area (Å²) in [6.45, 7) is 3.59. The monoisotopic (exact) mass is 154 g/mol. The first-order valence-electron chi connectivity index (χ1n) is 2.88. The van der Waals surface area contributed by atoms with Crippen LogP contribution < -0.4 is 0 Å². The lowest BCUT2D eigenvalue weighted by atomic mass is 10.2. The molecule has 0 aromatic heterocycles. The van der Waals surface area contributed by atoms with E-state index in [4.69, 9.17) is 0 Å². The molecule has 0 amide bonds. The molecular weight excluding hydrogens is 147 g/mol. The first-order valence-corrected chi connectivity index (χ1v) is 3.59. The topological polar surface area (TPSA) is 0 Å². The van der Waals surface area contributed by atoms with Gasteiger partial charge in [0.1, 0.15) is 0 Å². The van der Waals surface area contributed by atoms with Crippen LogP contribution in [0, 0.1) is 0 Å². The maximum atomic E-state index is 11.9. The van der Waals surface area contributed by atoms with Crippen LogP contribution in [-0.2, 0) is 0 Å². The Balaban J connectivity index is 2.90. The molecule has 0 atom stereocenters. The fraction of sp³-hybridized carbons (Fsp3) is 0. The van der Waals surface area contributed by atoms with Crippen molar-refractivity contribution in [2.45, 2.75) is 4.90 Å². The van der Waals surface area contributed by atoms with E-state index in [9.17, 15) is 3.89 Å². The zero-order valence-electron chi connectivity index (χ0n) is 5.38. The molecule has 0 unspecified atom stereocenters. The van der Waals surface area contributed by atoms with Crippen LogP contribution in [-0.4, -0.2) is 0 Å². The highest BCUT2D eigenvalue weighted by molar-refractivity contribution is 7.94. The summed E-state index contributed by atoms with van der Waals surface area (Å²) in [5, 5.41) is 0. The van der Waals surface area contributed by atoms with Gasteiger partial charge in [0.25, 0.3) is 0 Å². The quantitative estimate of drug-likeness (QED) is 0.629. The van der Waals surface area contributed by atoms with E-state index in [-0.39, 0.29) is 12.1 Å². The lowest BCUT2D eigenvalue weighted by Crippen LogP contribution is -1.69. The van der Waals surface area contributed by atoms with E-state index in [0.717, 1.165) is 5.56 Å².